The molecule has 2 aliphatic heterocycles. The van der Waals surface area contributed by atoms with Gasteiger partial charge in [0.25, 0.3) is 0 Å². The van der Waals surface area contributed by atoms with Crippen molar-refractivity contribution in [1.29, 1.82) is 5.26 Å². The number of likely N-dealkylation sites (tertiary alicyclic amines) is 1. The fraction of sp³-hybridized carbons (Fsp3) is 0.436. The largest absolute Gasteiger partial charge is 0.485 e. The maximum atomic E-state index is 15.3. The fourth-order valence-electron chi connectivity index (χ4n) is 6.99. The van der Waals surface area contributed by atoms with Gasteiger partial charge in [-0.2, -0.15) is 5.26 Å². The smallest absolute Gasteiger partial charge is 0.165 e. The minimum Gasteiger partial charge on any atom is -0.485 e. The van der Waals surface area contributed by atoms with Gasteiger partial charge in [0.1, 0.15) is 18.5 Å². The quantitative estimate of drug-likeness (QED) is 0.213. The first-order valence-electron chi connectivity index (χ1n) is 16.4. The fourth-order valence-corrected chi connectivity index (χ4v) is 7.14. The highest BCUT2D eigenvalue weighted by Gasteiger charge is 2.33. The van der Waals surface area contributed by atoms with Gasteiger partial charge in [0.2, 0.25) is 0 Å². The summed E-state index contributed by atoms with van der Waals surface area (Å²) in [5.41, 5.74) is 6.48. The molecule has 1 aromatic carbocycles. The van der Waals surface area contributed by atoms with Gasteiger partial charge in [-0.15, -0.1) is 0 Å². The van der Waals surface area contributed by atoms with Crippen LogP contribution in [0.4, 0.5) is 8.78 Å². The number of hydrogen-bond donors (Lipinski definition) is 0. The summed E-state index contributed by atoms with van der Waals surface area (Å²) in [6, 6.07) is 8.45. The second-order valence-electron chi connectivity index (χ2n) is 13.3. The molecule has 1 aromatic heterocycles. The molecule has 0 bridgehead atoms. The van der Waals surface area contributed by atoms with E-state index in [1.54, 1.807) is 18.3 Å². The van der Waals surface area contributed by atoms with E-state index < -0.39 is 11.6 Å². The predicted octanol–water partition coefficient (Wildman–Crippen LogP) is 9.14. The van der Waals surface area contributed by atoms with Crippen molar-refractivity contribution in [1.82, 2.24) is 9.88 Å². The molecule has 8 heteroatoms. The number of aromatic nitrogens is 1. The Hall–Kier alpha value is -3.57. The number of ether oxygens (including phenoxy) is 2. The molecular weight excluding hydrogens is 616 g/mol. The number of allylic oxidation sites excluding steroid dienone is 5. The third-order valence-corrected chi connectivity index (χ3v) is 10.1. The number of benzene rings is 1. The minimum atomic E-state index is -0.511. The van der Waals surface area contributed by atoms with Gasteiger partial charge in [-0.25, -0.2) is 8.78 Å². The zero-order valence-electron chi connectivity index (χ0n) is 27.6. The second kappa shape index (κ2) is 15.6. The molecule has 1 aliphatic carbocycles. The Morgan fingerprint density at radius 3 is 2.55 bits per heavy atom. The lowest BCUT2D eigenvalue weighted by atomic mass is 9.78. The van der Waals surface area contributed by atoms with Gasteiger partial charge in [-0.3, -0.25) is 4.98 Å². The summed E-state index contributed by atoms with van der Waals surface area (Å²) in [4.78, 5) is 7.20. The summed E-state index contributed by atoms with van der Waals surface area (Å²) in [5, 5.41) is 9.60. The number of nitrogens with zero attached hydrogens (tertiary/aromatic N) is 3. The van der Waals surface area contributed by atoms with Crippen LogP contribution in [0.5, 0.6) is 0 Å². The summed E-state index contributed by atoms with van der Waals surface area (Å²) in [5.74, 6) is -0.124. The van der Waals surface area contributed by atoms with Gasteiger partial charge >= 0.3 is 0 Å². The maximum Gasteiger partial charge on any atom is 0.165 e. The molecule has 248 valence electrons. The molecule has 2 aromatic rings. The average Bonchev–Trinajstić information content (AvgIpc) is 3.12. The van der Waals surface area contributed by atoms with Crippen molar-refractivity contribution in [3.05, 3.63) is 123 Å². The molecule has 2 fully saturated rings. The number of rotatable bonds is 12. The Morgan fingerprint density at radius 1 is 1.19 bits per heavy atom. The van der Waals surface area contributed by atoms with Gasteiger partial charge in [-0.1, -0.05) is 36.4 Å². The molecule has 0 N–H and O–H groups in total. The van der Waals surface area contributed by atoms with Crippen LogP contribution in [-0.4, -0.2) is 42.2 Å². The van der Waals surface area contributed by atoms with E-state index in [4.69, 9.17) is 21.1 Å². The van der Waals surface area contributed by atoms with Crippen LogP contribution in [0.1, 0.15) is 61.9 Å². The minimum absolute atomic E-state index is 0.0314. The second-order valence-corrected chi connectivity index (χ2v) is 13.7. The van der Waals surface area contributed by atoms with Crippen molar-refractivity contribution >= 4 is 11.6 Å². The van der Waals surface area contributed by atoms with Crippen LogP contribution in [0, 0.1) is 41.8 Å². The third kappa shape index (κ3) is 8.67. The van der Waals surface area contributed by atoms with Crippen LogP contribution < -0.4 is 0 Å². The van der Waals surface area contributed by atoms with E-state index in [1.807, 2.05) is 26.0 Å². The molecule has 2 saturated heterocycles. The highest BCUT2D eigenvalue weighted by atomic mass is 35.5. The molecule has 47 heavy (non-hydrogen) atoms. The van der Waals surface area contributed by atoms with E-state index in [-0.39, 0.29) is 30.3 Å². The van der Waals surface area contributed by atoms with Crippen LogP contribution in [0.2, 0.25) is 5.02 Å². The van der Waals surface area contributed by atoms with E-state index in [0.717, 1.165) is 86.3 Å². The maximum absolute atomic E-state index is 15.3. The molecule has 0 spiro atoms. The molecular formula is C39H44ClF2N3O2. The van der Waals surface area contributed by atoms with Crippen LogP contribution in [0.25, 0.3) is 0 Å². The number of pyridine rings is 1. The van der Waals surface area contributed by atoms with Crippen LogP contribution in [0.15, 0.2) is 89.7 Å². The molecule has 0 amide bonds. The van der Waals surface area contributed by atoms with Crippen LogP contribution in [-0.2, 0) is 22.5 Å². The first kappa shape index (κ1) is 34.8. The SMILES string of the molecule is C=C1C=C(C2CCN(CC(C(=C)C)C(Cc3ncc(C#N)cc3C)C[C@@H]3CCO3)CC2)C(C)=CC(F)=C1OCc1ccc(Cl)cc1F. The molecule has 3 heterocycles. The Balaban J connectivity index is 1.23. The van der Waals surface area contributed by atoms with Crippen LogP contribution in [0.3, 0.4) is 0 Å². The van der Waals surface area contributed by atoms with Gasteiger partial charge in [0.15, 0.2) is 11.6 Å². The Labute approximate surface area is 282 Å². The molecule has 2 unspecified atom stereocenters. The monoisotopic (exact) mass is 659 g/mol. The summed E-state index contributed by atoms with van der Waals surface area (Å²) in [6.07, 6.45) is 10.1. The summed E-state index contributed by atoms with van der Waals surface area (Å²) in [7, 11) is 0. The van der Waals surface area contributed by atoms with Gasteiger partial charge in [0.05, 0.1) is 11.7 Å². The first-order chi connectivity index (χ1) is 22.5. The van der Waals surface area contributed by atoms with E-state index >= 15 is 4.39 Å². The normalized spacial score (nSPS) is 20.4. The Kier molecular flexibility index (Phi) is 11.5. The molecule has 5 rings (SSSR count). The standard InChI is InChI=1S/C39H44ClF2N3O2/c1-24(2)35(31(17-33-10-13-46-33)18-38-26(4)14-28(20-43)21-44-38)22-45-11-8-29(9-12-45)34-15-27(5)39(37(42)16-25(34)3)47-23-30-6-7-32(40)19-36(30)41/h6-7,14-16,19,21,29,31,33,35H,1,5,8-13,17-18,22-23H2,2-4H3/t31?,33-,35?/m0/s1. The lowest BCUT2D eigenvalue weighted by Gasteiger charge is -2.39. The first-order valence-corrected chi connectivity index (χ1v) is 16.8. The van der Waals surface area contributed by atoms with E-state index in [0.29, 0.717) is 27.6 Å². The Bertz CT molecular complexity index is 1640. The Morgan fingerprint density at radius 2 is 1.94 bits per heavy atom. The third-order valence-electron chi connectivity index (χ3n) is 9.84. The van der Waals surface area contributed by atoms with E-state index in [2.05, 4.69) is 36.0 Å². The van der Waals surface area contributed by atoms with E-state index in [9.17, 15) is 9.65 Å². The van der Waals surface area contributed by atoms with Gasteiger partial charge in [0, 0.05) is 41.2 Å². The van der Waals surface area contributed by atoms with Crippen molar-refractivity contribution in [3.63, 3.8) is 0 Å². The summed E-state index contributed by atoms with van der Waals surface area (Å²) >= 11 is 5.87. The number of piperidine rings is 1. The highest BCUT2D eigenvalue weighted by Crippen LogP contribution is 2.38. The molecule has 5 nitrogen and oxygen atoms in total. The van der Waals surface area contributed by atoms with Gasteiger partial charge < -0.3 is 14.4 Å². The highest BCUT2D eigenvalue weighted by molar-refractivity contribution is 6.30. The number of nitriles is 1. The zero-order chi connectivity index (χ0) is 33.7. The molecule has 0 saturated carbocycles. The van der Waals surface area contributed by atoms with Crippen molar-refractivity contribution < 1.29 is 18.3 Å². The van der Waals surface area contributed by atoms with Gasteiger partial charge in [-0.05, 0) is 131 Å². The number of aryl methyl sites for hydroxylation is 1. The summed E-state index contributed by atoms with van der Waals surface area (Å²) in [6.45, 7) is 18.1. The topological polar surface area (TPSA) is 58.4 Å². The molecule has 0 radical (unpaired) electrons. The average molecular weight is 660 g/mol. The summed E-state index contributed by atoms with van der Waals surface area (Å²) < 4.78 is 41.3. The van der Waals surface area contributed by atoms with Crippen molar-refractivity contribution in [2.75, 3.05) is 26.2 Å². The molecule has 3 aliphatic rings. The number of hydrogen-bond acceptors (Lipinski definition) is 5. The zero-order valence-corrected chi connectivity index (χ0v) is 28.4. The van der Waals surface area contributed by atoms with Crippen LogP contribution >= 0.6 is 11.6 Å². The van der Waals surface area contributed by atoms with Crippen molar-refractivity contribution in [2.24, 2.45) is 17.8 Å². The predicted molar refractivity (Wildman–Crippen MR) is 183 cm³/mol. The lowest BCUT2D eigenvalue weighted by molar-refractivity contribution is -0.0667. The van der Waals surface area contributed by atoms with Crippen molar-refractivity contribution in [2.45, 2.75) is 65.6 Å². The molecule has 3 atom stereocenters. The van der Waals surface area contributed by atoms with E-state index in [1.165, 1.54) is 12.1 Å². The lowest BCUT2D eigenvalue weighted by Crippen LogP contribution is -2.41. The van der Waals surface area contributed by atoms with Crippen molar-refractivity contribution in [3.8, 4) is 6.07 Å². The number of halogens is 3.